The van der Waals surface area contributed by atoms with Crippen LogP contribution in [0.1, 0.15) is 38.8 Å². The predicted molar refractivity (Wildman–Crippen MR) is 122 cm³/mol. The van der Waals surface area contributed by atoms with Gasteiger partial charge < -0.3 is 14.8 Å². The third kappa shape index (κ3) is 4.80. The fourth-order valence-electron chi connectivity index (χ4n) is 3.60. The Bertz CT molecular complexity index is 1040. The average Bonchev–Trinajstić information content (AvgIpc) is 3.21. The molecule has 2 heterocycles. The van der Waals surface area contributed by atoms with Gasteiger partial charge in [0.2, 0.25) is 11.9 Å². The number of ether oxygens (including phenoxy) is 2. The van der Waals surface area contributed by atoms with Gasteiger partial charge in [0.25, 0.3) is 0 Å². The topological polar surface area (TPSA) is 89.5 Å². The second kappa shape index (κ2) is 9.64. The number of nitrogens with zero attached hydrogens (tertiary/aromatic N) is 4. The Balaban J connectivity index is 1.48. The van der Waals surface area contributed by atoms with Crippen molar-refractivity contribution >= 4 is 18.0 Å². The minimum Gasteiger partial charge on any atom is -0.457 e. The van der Waals surface area contributed by atoms with Crippen molar-refractivity contribution in [3.8, 4) is 11.5 Å². The van der Waals surface area contributed by atoms with Gasteiger partial charge in [-0.05, 0) is 42.2 Å². The molecule has 1 aliphatic heterocycles. The number of aromatic nitrogens is 3. The van der Waals surface area contributed by atoms with Gasteiger partial charge in [-0.15, -0.1) is 0 Å². The van der Waals surface area contributed by atoms with Gasteiger partial charge in [-0.1, -0.05) is 51.1 Å². The van der Waals surface area contributed by atoms with Gasteiger partial charge in [-0.3, -0.25) is 0 Å². The summed E-state index contributed by atoms with van der Waals surface area (Å²) >= 11 is 0. The zero-order valence-electron chi connectivity index (χ0n) is 18.4. The third-order valence-corrected chi connectivity index (χ3v) is 5.42. The standard InChI is InChI=1S/C24H27N5O3/c1-4-20(17-10-12-19(13-11-17)32-18-8-6-5-7-9-18)27-22-25-15-26-23(28-22)29-21(16(2)3)14-31-24(29)30/h5-13,15-16,20-21H,4,14H2,1-3H3,(H,25,26,27,28)/t20-,21+/m0/s1. The largest absolute Gasteiger partial charge is 0.457 e. The van der Waals surface area contributed by atoms with Gasteiger partial charge in [-0.25, -0.2) is 19.7 Å². The number of carbonyl (C=O) groups is 1. The molecule has 2 atom stereocenters. The Hall–Kier alpha value is -3.68. The number of rotatable bonds is 8. The van der Waals surface area contributed by atoms with Crippen LogP contribution in [-0.2, 0) is 4.74 Å². The maximum Gasteiger partial charge on any atom is 0.417 e. The summed E-state index contributed by atoms with van der Waals surface area (Å²) in [6.45, 7) is 6.50. The number of nitrogens with one attached hydrogen (secondary N) is 1. The molecule has 1 amide bonds. The highest BCUT2D eigenvalue weighted by Gasteiger charge is 2.38. The van der Waals surface area contributed by atoms with Gasteiger partial charge in [0.05, 0.1) is 12.1 Å². The van der Waals surface area contributed by atoms with E-state index >= 15 is 0 Å². The van der Waals surface area contributed by atoms with E-state index in [-0.39, 0.29) is 18.0 Å². The summed E-state index contributed by atoms with van der Waals surface area (Å²) in [7, 11) is 0. The van der Waals surface area contributed by atoms with Crippen LogP contribution in [0.3, 0.4) is 0 Å². The van der Waals surface area contributed by atoms with Crippen molar-refractivity contribution < 1.29 is 14.3 Å². The molecule has 166 valence electrons. The molecule has 8 heteroatoms. The van der Waals surface area contributed by atoms with E-state index in [4.69, 9.17) is 9.47 Å². The molecule has 2 aromatic carbocycles. The van der Waals surface area contributed by atoms with Crippen LogP contribution in [0.5, 0.6) is 11.5 Å². The molecule has 1 fully saturated rings. The molecule has 0 bridgehead atoms. The normalized spacial score (nSPS) is 16.7. The van der Waals surface area contributed by atoms with E-state index in [1.807, 2.05) is 68.4 Å². The van der Waals surface area contributed by atoms with E-state index in [0.29, 0.717) is 18.5 Å². The summed E-state index contributed by atoms with van der Waals surface area (Å²) in [6.07, 6.45) is 1.80. The first kappa shape index (κ1) is 21.5. The molecule has 3 aromatic rings. The van der Waals surface area contributed by atoms with Crippen molar-refractivity contribution in [2.75, 3.05) is 16.8 Å². The lowest BCUT2D eigenvalue weighted by molar-refractivity contribution is 0.177. The minimum atomic E-state index is -0.429. The van der Waals surface area contributed by atoms with Gasteiger partial charge in [-0.2, -0.15) is 4.98 Å². The fourth-order valence-corrected chi connectivity index (χ4v) is 3.60. The number of hydrogen-bond donors (Lipinski definition) is 1. The summed E-state index contributed by atoms with van der Waals surface area (Å²) in [4.78, 5) is 26.7. The van der Waals surface area contributed by atoms with Gasteiger partial charge in [0.1, 0.15) is 24.4 Å². The summed E-state index contributed by atoms with van der Waals surface area (Å²) < 4.78 is 11.1. The highest BCUT2D eigenvalue weighted by molar-refractivity contribution is 5.88. The molecule has 0 aliphatic carbocycles. The summed E-state index contributed by atoms with van der Waals surface area (Å²) in [6, 6.07) is 17.5. The average molecular weight is 434 g/mol. The SMILES string of the molecule is CC[C@H](Nc1ncnc(N2C(=O)OC[C@@H]2C(C)C)n1)c1ccc(Oc2ccccc2)cc1. The van der Waals surface area contributed by atoms with Crippen LogP contribution in [0.25, 0.3) is 0 Å². The van der Waals surface area contributed by atoms with Gasteiger partial charge >= 0.3 is 6.09 Å². The molecule has 0 unspecified atom stereocenters. The maximum atomic E-state index is 12.2. The van der Waals surface area contributed by atoms with Crippen LogP contribution in [0, 0.1) is 5.92 Å². The van der Waals surface area contributed by atoms with Crippen molar-refractivity contribution in [3.63, 3.8) is 0 Å². The van der Waals surface area contributed by atoms with Crippen LogP contribution in [0.4, 0.5) is 16.7 Å². The Morgan fingerprint density at radius 3 is 2.50 bits per heavy atom. The summed E-state index contributed by atoms with van der Waals surface area (Å²) in [5.74, 6) is 2.49. The number of cyclic esters (lactones) is 1. The van der Waals surface area contributed by atoms with Crippen molar-refractivity contribution in [1.29, 1.82) is 0 Å². The predicted octanol–water partition coefficient (Wildman–Crippen LogP) is 5.21. The van der Waals surface area contributed by atoms with Gasteiger partial charge in [0, 0.05) is 0 Å². The number of benzene rings is 2. The number of para-hydroxylation sites is 1. The molecular weight excluding hydrogens is 406 g/mol. The molecule has 1 aromatic heterocycles. The second-order valence-corrected chi connectivity index (χ2v) is 7.96. The maximum absolute atomic E-state index is 12.2. The molecule has 0 spiro atoms. The molecule has 4 rings (SSSR count). The Labute approximate surface area is 187 Å². The lowest BCUT2D eigenvalue weighted by Gasteiger charge is -2.23. The highest BCUT2D eigenvalue weighted by Crippen LogP contribution is 2.28. The first-order valence-corrected chi connectivity index (χ1v) is 10.8. The molecule has 1 aliphatic rings. The molecule has 0 saturated carbocycles. The lowest BCUT2D eigenvalue weighted by atomic mass is 10.0. The highest BCUT2D eigenvalue weighted by atomic mass is 16.6. The molecule has 32 heavy (non-hydrogen) atoms. The first-order chi connectivity index (χ1) is 15.5. The Morgan fingerprint density at radius 1 is 1.09 bits per heavy atom. The van der Waals surface area contributed by atoms with Crippen LogP contribution >= 0.6 is 0 Å². The molecule has 0 radical (unpaired) electrons. The van der Waals surface area contributed by atoms with E-state index in [1.54, 1.807) is 0 Å². The third-order valence-electron chi connectivity index (χ3n) is 5.42. The number of anilines is 2. The van der Waals surface area contributed by atoms with E-state index in [1.165, 1.54) is 11.2 Å². The summed E-state index contributed by atoms with van der Waals surface area (Å²) in [5, 5.41) is 3.36. The zero-order chi connectivity index (χ0) is 22.5. The monoisotopic (exact) mass is 433 g/mol. The van der Waals surface area contributed by atoms with Crippen LogP contribution in [0.2, 0.25) is 0 Å². The molecular formula is C24H27N5O3. The van der Waals surface area contributed by atoms with Crippen LogP contribution < -0.4 is 15.0 Å². The van der Waals surface area contributed by atoms with Crippen molar-refractivity contribution in [1.82, 2.24) is 15.0 Å². The quantitative estimate of drug-likeness (QED) is 0.522. The van der Waals surface area contributed by atoms with Crippen LogP contribution in [0.15, 0.2) is 60.9 Å². The van der Waals surface area contributed by atoms with E-state index < -0.39 is 6.09 Å². The van der Waals surface area contributed by atoms with Crippen molar-refractivity contribution in [2.24, 2.45) is 5.92 Å². The number of hydrogen-bond acceptors (Lipinski definition) is 7. The van der Waals surface area contributed by atoms with Crippen LogP contribution in [-0.4, -0.2) is 33.7 Å². The Morgan fingerprint density at radius 2 is 1.81 bits per heavy atom. The second-order valence-electron chi connectivity index (χ2n) is 7.96. The fraction of sp³-hybridized carbons (Fsp3) is 0.333. The van der Waals surface area contributed by atoms with Gasteiger partial charge in [0.15, 0.2) is 0 Å². The molecule has 1 N–H and O–H groups in total. The first-order valence-electron chi connectivity index (χ1n) is 10.8. The van der Waals surface area contributed by atoms with Crippen molar-refractivity contribution in [2.45, 2.75) is 39.3 Å². The molecule has 8 nitrogen and oxygen atoms in total. The number of carbonyl (C=O) groups excluding carboxylic acids is 1. The summed E-state index contributed by atoms with van der Waals surface area (Å²) in [5.41, 5.74) is 1.08. The van der Waals surface area contributed by atoms with E-state index in [9.17, 15) is 4.79 Å². The lowest BCUT2D eigenvalue weighted by Crippen LogP contribution is -2.38. The zero-order valence-corrected chi connectivity index (χ0v) is 18.4. The van der Waals surface area contributed by atoms with Crippen molar-refractivity contribution in [3.05, 3.63) is 66.5 Å². The van der Waals surface area contributed by atoms with E-state index in [2.05, 4.69) is 27.2 Å². The molecule has 1 saturated heterocycles. The smallest absolute Gasteiger partial charge is 0.417 e. The minimum absolute atomic E-state index is 0.0116. The van der Waals surface area contributed by atoms with E-state index in [0.717, 1.165) is 23.5 Å². The number of amides is 1. The Kier molecular flexibility index (Phi) is 6.49.